The van der Waals surface area contributed by atoms with Gasteiger partial charge in [-0.25, -0.2) is 0 Å². The van der Waals surface area contributed by atoms with Gasteiger partial charge in [-0.1, -0.05) is 0 Å². The van der Waals surface area contributed by atoms with Crippen LogP contribution >= 0.6 is 0 Å². The fraction of sp³-hybridized carbons (Fsp3) is 1.00. The third-order valence-electron chi connectivity index (χ3n) is 0. The summed E-state index contributed by atoms with van der Waals surface area (Å²) in [6, 6.07) is 0. The van der Waals surface area contributed by atoms with Crippen LogP contribution in [0.5, 0.6) is 0 Å². The first kappa shape index (κ1) is 36.4. The van der Waals surface area contributed by atoms with E-state index in [1.807, 2.05) is 0 Å². The van der Waals surface area contributed by atoms with Gasteiger partial charge in [0.2, 0.25) is 0 Å². The normalized spacial score (nSPS) is 2.25. The number of rotatable bonds is 0. The average Bonchev–Trinajstić information content (AvgIpc) is 1.81. The Morgan fingerprint density at radius 1 is 0.500 bits per heavy atom. The van der Waals surface area contributed by atoms with Gasteiger partial charge < -0.3 is 15.3 Å². The summed E-state index contributed by atoms with van der Waals surface area (Å²) in [5.74, 6) is 0. The molecule has 0 aliphatic rings. The second kappa shape index (κ2) is 449. The SMILES string of the molecule is CO.CO.CO.[Fe].[Fe]. The molecule has 0 unspecified atom stereocenters. The smallest absolute Gasteiger partial charge is 0.0319 e. The van der Waals surface area contributed by atoms with Crippen molar-refractivity contribution >= 4 is 0 Å². The van der Waals surface area contributed by atoms with Gasteiger partial charge in [0.05, 0.1) is 0 Å². The van der Waals surface area contributed by atoms with Crippen LogP contribution in [0.4, 0.5) is 0 Å². The molecule has 0 heterocycles. The zero-order valence-electron chi connectivity index (χ0n) is 5.05. The standard InChI is InChI=1S/3CH4O.2Fe/c3*1-2;;/h3*2H,1H3;;. The van der Waals surface area contributed by atoms with Crippen molar-refractivity contribution in [1.29, 1.82) is 0 Å². The molecule has 0 aliphatic heterocycles. The monoisotopic (exact) mass is 208 g/mol. The summed E-state index contributed by atoms with van der Waals surface area (Å²) in [4.78, 5) is 0. The predicted molar refractivity (Wildman–Crippen MR) is 24.4 cm³/mol. The minimum absolute atomic E-state index is 0. The molecular weight excluding hydrogens is 196 g/mol. The third-order valence-corrected chi connectivity index (χ3v) is 0. The molecule has 0 rings (SSSR count). The van der Waals surface area contributed by atoms with Crippen LogP contribution in [-0.2, 0) is 34.1 Å². The van der Waals surface area contributed by atoms with E-state index >= 15 is 0 Å². The van der Waals surface area contributed by atoms with E-state index in [2.05, 4.69) is 0 Å². The summed E-state index contributed by atoms with van der Waals surface area (Å²) in [7, 11) is 3.00. The minimum atomic E-state index is 0. The minimum Gasteiger partial charge on any atom is -0.400 e. The summed E-state index contributed by atoms with van der Waals surface area (Å²) < 4.78 is 0. The molecule has 0 saturated heterocycles. The maximum atomic E-state index is 7.00. The molecular formula is C3H12Fe2O3. The molecule has 0 aromatic heterocycles. The van der Waals surface area contributed by atoms with Crippen molar-refractivity contribution in [3.8, 4) is 0 Å². The van der Waals surface area contributed by atoms with Gasteiger partial charge in [-0.05, 0) is 0 Å². The van der Waals surface area contributed by atoms with Crippen LogP contribution in [0.1, 0.15) is 0 Å². The molecule has 0 radical (unpaired) electrons. The largest absolute Gasteiger partial charge is 0.400 e. The van der Waals surface area contributed by atoms with Crippen LogP contribution < -0.4 is 0 Å². The van der Waals surface area contributed by atoms with E-state index in [1.165, 1.54) is 0 Å². The fourth-order valence-electron chi connectivity index (χ4n) is 0. The van der Waals surface area contributed by atoms with E-state index in [1.54, 1.807) is 0 Å². The van der Waals surface area contributed by atoms with E-state index < -0.39 is 0 Å². The van der Waals surface area contributed by atoms with Gasteiger partial charge in [-0.3, -0.25) is 0 Å². The first-order chi connectivity index (χ1) is 3.00. The van der Waals surface area contributed by atoms with Crippen LogP contribution in [0.15, 0.2) is 0 Å². The topological polar surface area (TPSA) is 60.7 Å². The van der Waals surface area contributed by atoms with Crippen molar-refractivity contribution in [3.05, 3.63) is 0 Å². The average molecular weight is 208 g/mol. The van der Waals surface area contributed by atoms with Crippen molar-refractivity contribution < 1.29 is 49.5 Å². The van der Waals surface area contributed by atoms with Crippen LogP contribution in [0.25, 0.3) is 0 Å². The Morgan fingerprint density at radius 2 is 0.500 bits per heavy atom. The summed E-state index contributed by atoms with van der Waals surface area (Å²) >= 11 is 0. The molecule has 0 atom stereocenters. The van der Waals surface area contributed by atoms with Crippen molar-refractivity contribution in [2.75, 3.05) is 21.3 Å². The molecule has 0 aromatic carbocycles. The van der Waals surface area contributed by atoms with Crippen molar-refractivity contribution in [2.24, 2.45) is 0 Å². The molecule has 3 nitrogen and oxygen atoms in total. The molecule has 0 bridgehead atoms. The number of aliphatic hydroxyl groups is 3. The third kappa shape index (κ3) is 287. The molecule has 5 heteroatoms. The Kier molecular flexibility index (Phi) is 2040. The fourth-order valence-corrected chi connectivity index (χ4v) is 0. The van der Waals surface area contributed by atoms with Gasteiger partial charge >= 0.3 is 0 Å². The Morgan fingerprint density at radius 3 is 0.500 bits per heavy atom. The van der Waals surface area contributed by atoms with Crippen LogP contribution in [0, 0.1) is 0 Å². The van der Waals surface area contributed by atoms with Gasteiger partial charge in [-0.15, -0.1) is 0 Å². The zero-order valence-corrected chi connectivity index (χ0v) is 7.26. The maximum absolute atomic E-state index is 7.00. The van der Waals surface area contributed by atoms with Crippen molar-refractivity contribution in [1.82, 2.24) is 0 Å². The Balaban J connectivity index is -0.00000000500. The summed E-state index contributed by atoms with van der Waals surface area (Å²) in [6.07, 6.45) is 0. The van der Waals surface area contributed by atoms with Crippen LogP contribution in [0.2, 0.25) is 0 Å². The molecule has 3 N–H and O–H groups in total. The van der Waals surface area contributed by atoms with Crippen LogP contribution in [0.3, 0.4) is 0 Å². The molecule has 58 valence electrons. The van der Waals surface area contributed by atoms with Crippen molar-refractivity contribution in [3.63, 3.8) is 0 Å². The first-order valence-electron chi connectivity index (χ1n) is 1.34. The Bertz CT molecular complexity index is 12.5. The zero-order chi connectivity index (χ0) is 6.00. The molecule has 0 aromatic rings. The molecule has 8 heavy (non-hydrogen) atoms. The number of hydrogen-bond donors (Lipinski definition) is 3. The van der Waals surface area contributed by atoms with E-state index in [0.717, 1.165) is 21.3 Å². The van der Waals surface area contributed by atoms with Gasteiger partial charge in [0, 0.05) is 55.5 Å². The first-order valence-corrected chi connectivity index (χ1v) is 1.34. The molecule has 0 aliphatic carbocycles. The summed E-state index contributed by atoms with van der Waals surface area (Å²) in [5, 5.41) is 21.0. The van der Waals surface area contributed by atoms with Gasteiger partial charge in [0.1, 0.15) is 0 Å². The maximum Gasteiger partial charge on any atom is 0.0319 e. The summed E-state index contributed by atoms with van der Waals surface area (Å²) in [6.45, 7) is 0. The molecule has 0 fully saturated rings. The Labute approximate surface area is 71.1 Å². The van der Waals surface area contributed by atoms with E-state index in [-0.39, 0.29) is 34.1 Å². The van der Waals surface area contributed by atoms with Crippen LogP contribution in [-0.4, -0.2) is 36.6 Å². The predicted octanol–water partition coefficient (Wildman–Crippen LogP) is -1.18. The van der Waals surface area contributed by atoms with E-state index in [0.29, 0.717) is 0 Å². The second-order valence-electron chi connectivity index (χ2n) is 0. The van der Waals surface area contributed by atoms with E-state index in [4.69, 9.17) is 15.3 Å². The number of aliphatic hydroxyl groups excluding tert-OH is 3. The van der Waals surface area contributed by atoms with E-state index in [9.17, 15) is 0 Å². The van der Waals surface area contributed by atoms with Gasteiger partial charge in [-0.2, -0.15) is 0 Å². The number of hydrogen-bond acceptors (Lipinski definition) is 3. The molecule has 0 spiro atoms. The molecule has 0 saturated carbocycles. The Hall–Kier alpha value is 0.919. The molecule has 0 amide bonds. The van der Waals surface area contributed by atoms with Crippen molar-refractivity contribution in [2.45, 2.75) is 0 Å². The quantitative estimate of drug-likeness (QED) is 0.439. The van der Waals surface area contributed by atoms with Gasteiger partial charge in [0.15, 0.2) is 0 Å². The summed E-state index contributed by atoms with van der Waals surface area (Å²) in [5.41, 5.74) is 0. The second-order valence-corrected chi connectivity index (χ2v) is 0. The van der Waals surface area contributed by atoms with Gasteiger partial charge in [0.25, 0.3) is 0 Å².